The zero-order valence-electron chi connectivity index (χ0n) is 22.0. The number of ketones is 1. The van der Waals surface area contributed by atoms with Crippen LogP contribution in [0.4, 0.5) is 0 Å². The highest BCUT2D eigenvalue weighted by Crippen LogP contribution is 2.26. The third-order valence-corrected chi connectivity index (χ3v) is 7.23. The van der Waals surface area contributed by atoms with Crippen molar-refractivity contribution in [1.82, 2.24) is 9.88 Å². The molecule has 0 spiro atoms. The van der Waals surface area contributed by atoms with E-state index in [0.29, 0.717) is 42.0 Å². The van der Waals surface area contributed by atoms with Crippen molar-refractivity contribution in [1.29, 1.82) is 0 Å². The van der Waals surface area contributed by atoms with Crippen molar-refractivity contribution in [3.05, 3.63) is 54.9 Å². The number of carbonyl (C=O) groups is 3. The molecule has 12 heteroatoms. The van der Waals surface area contributed by atoms with Crippen LogP contribution in [-0.4, -0.2) is 59.4 Å². The Morgan fingerprint density at radius 2 is 1.70 bits per heavy atom. The molecule has 212 valence electrons. The van der Waals surface area contributed by atoms with E-state index in [1.165, 1.54) is 12.2 Å². The van der Waals surface area contributed by atoms with Crippen molar-refractivity contribution in [2.24, 2.45) is 0 Å². The molecule has 2 aromatic heterocycles. The van der Waals surface area contributed by atoms with Gasteiger partial charge in [0.15, 0.2) is 18.0 Å². The number of benzene rings is 1. The molecule has 0 radical (unpaired) electrons. The Labute approximate surface area is 232 Å². The number of rotatable bonds is 16. The summed E-state index contributed by atoms with van der Waals surface area (Å²) in [5, 5.41) is 0. The van der Waals surface area contributed by atoms with Gasteiger partial charge in [0.1, 0.15) is 23.6 Å². The molecular formula is C28H32N3O8S+. The van der Waals surface area contributed by atoms with Crippen molar-refractivity contribution in [2.75, 3.05) is 18.9 Å². The molecule has 0 unspecified atom stereocenters. The number of amides is 2. The minimum Gasteiger partial charge on any atom is -0.493 e. The second-order valence-electron chi connectivity index (χ2n) is 9.58. The Hall–Kier alpha value is -3.90. The van der Waals surface area contributed by atoms with Crippen molar-refractivity contribution in [3.8, 4) is 17.2 Å². The number of hydrogen-bond acceptors (Lipinski definition) is 8. The van der Waals surface area contributed by atoms with Crippen LogP contribution in [0, 0.1) is 0 Å². The number of hydrogen-bond donors (Lipinski definition) is 1. The largest absolute Gasteiger partial charge is 0.493 e. The Bertz CT molecular complexity index is 1480. The lowest BCUT2D eigenvalue weighted by Gasteiger charge is -2.12. The van der Waals surface area contributed by atoms with Crippen LogP contribution in [0.5, 0.6) is 5.75 Å². The molecule has 1 aromatic carbocycles. The van der Waals surface area contributed by atoms with Crippen LogP contribution < -0.4 is 9.30 Å². The molecule has 0 atom stereocenters. The standard InChI is InChI=1S/C28H31N3O8S/c32-22(7-4-15-31-26(33)10-11-27(31)34)6-2-1-3-14-30-16-12-21(13-17-30)28-29-24-9-8-23(20-25(24)39-28)38-18-5-19-40(35,36)37/h8-13,16-17,20H,1-7,14-15,18-19H2/p+1. The summed E-state index contributed by atoms with van der Waals surface area (Å²) in [5.41, 5.74) is 2.03. The van der Waals surface area contributed by atoms with E-state index in [2.05, 4.69) is 9.55 Å². The first kappa shape index (κ1) is 29.1. The number of oxazole rings is 1. The van der Waals surface area contributed by atoms with E-state index in [-0.39, 0.29) is 42.9 Å². The Morgan fingerprint density at radius 1 is 0.975 bits per heavy atom. The number of pyridine rings is 1. The van der Waals surface area contributed by atoms with E-state index >= 15 is 0 Å². The smallest absolute Gasteiger partial charge is 0.264 e. The van der Waals surface area contributed by atoms with Crippen molar-refractivity contribution in [2.45, 2.75) is 51.5 Å². The molecular weight excluding hydrogens is 538 g/mol. The third kappa shape index (κ3) is 8.55. The van der Waals surface area contributed by atoms with Gasteiger partial charge in [-0.15, -0.1) is 0 Å². The molecule has 0 saturated carbocycles. The van der Waals surface area contributed by atoms with Gasteiger partial charge in [-0.3, -0.25) is 23.8 Å². The predicted molar refractivity (Wildman–Crippen MR) is 145 cm³/mol. The first-order valence-corrected chi connectivity index (χ1v) is 14.8. The molecule has 0 saturated heterocycles. The molecule has 40 heavy (non-hydrogen) atoms. The normalized spacial score (nSPS) is 13.5. The van der Waals surface area contributed by atoms with Crippen LogP contribution in [0.2, 0.25) is 0 Å². The molecule has 1 aliphatic rings. The van der Waals surface area contributed by atoms with Gasteiger partial charge in [0.25, 0.3) is 21.9 Å². The molecule has 4 rings (SSSR count). The minimum absolute atomic E-state index is 0.143. The summed E-state index contributed by atoms with van der Waals surface area (Å²) < 4.78 is 43.9. The number of aryl methyl sites for hydroxylation is 1. The number of nitrogens with zero attached hydrogens (tertiary/aromatic N) is 3. The third-order valence-electron chi connectivity index (χ3n) is 6.42. The van der Waals surface area contributed by atoms with Crippen LogP contribution in [0.1, 0.15) is 44.9 Å². The second kappa shape index (κ2) is 13.4. The van der Waals surface area contributed by atoms with Crippen molar-refractivity contribution in [3.63, 3.8) is 0 Å². The van der Waals surface area contributed by atoms with E-state index in [1.54, 1.807) is 18.2 Å². The average molecular weight is 571 g/mol. The monoisotopic (exact) mass is 570 g/mol. The van der Waals surface area contributed by atoms with E-state index in [0.717, 1.165) is 36.3 Å². The van der Waals surface area contributed by atoms with Crippen LogP contribution in [0.25, 0.3) is 22.6 Å². The summed E-state index contributed by atoms with van der Waals surface area (Å²) >= 11 is 0. The highest BCUT2D eigenvalue weighted by Gasteiger charge is 2.22. The number of aromatic nitrogens is 2. The fourth-order valence-corrected chi connectivity index (χ4v) is 4.79. The second-order valence-corrected chi connectivity index (χ2v) is 11.1. The van der Waals surface area contributed by atoms with E-state index < -0.39 is 10.1 Å². The van der Waals surface area contributed by atoms with Gasteiger partial charge in [0, 0.05) is 61.7 Å². The zero-order valence-corrected chi connectivity index (χ0v) is 22.8. The van der Waals surface area contributed by atoms with E-state index in [9.17, 15) is 22.8 Å². The lowest BCUT2D eigenvalue weighted by molar-refractivity contribution is -0.697. The molecule has 1 aliphatic heterocycles. The fraction of sp³-hybridized carbons (Fsp3) is 0.393. The quantitative estimate of drug-likeness (QED) is 0.119. The van der Waals surface area contributed by atoms with Gasteiger partial charge < -0.3 is 9.15 Å². The number of ether oxygens (including phenoxy) is 1. The number of fused-ring (bicyclic) bond motifs is 1. The summed E-state index contributed by atoms with van der Waals surface area (Å²) in [6.07, 6.45) is 10.6. The Balaban J connectivity index is 1.16. The first-order valence-electron chi connectivity index (χ1n) is 13.2. The van der Waals surface area contributed by atoms with Crippen LogP contribution in [-0.2, 0) is 31.0 Å². The molecule has 1 N–H and O–H groups in total. The maximum Gasteiger partial charge on any atom is 0.264 e. The minimum atomic E-state index is -4.00. The molecule has 3 heterocycles. The van der Waals surface area contributed by atoms with Gasteiger partial charge in [0.2, 0.25) is 5.89 Å². The number of Topliss-reactive ketones (excluding diaryl/α,β-unsaturated/α-hetero) is 1. The highest BCUT2D eigenvalue weighted by atomic mass is 32.2. The molecule has 0 bridgehead atoms. The number of unbranched alkanes of at least 4 members (excludes halogenated alkanes) is 2. The first-order chi connectivity index (χ1) is 19.2. The lowest BCUT2D eigenvalue weighted by atomic mass is 10.1. The molecule has 0 fully saturated rings. The van der Waals surface area contributed by atoms with Crippen LogP contribution in [0.3, 0.4) is 0 Å². The number of imide groups is 1. The van der Waals surface area contributed by atoms with Gasteiger partial charge in [-0.2, -0.15) is 8.42 Å². The van der Waals surface area contributed by atoms with Gasteiger partial charge in [-0.1, -0.05) is 0 Å². The van der Waals surface area contributed by atoms with Gasteiger partial charge in [0.05, 0.1) is 12.4 Å². The summed E-state index contributed by atoms with van der Waals surface area (Å²) in [7, 11) is -4.00. The van der Waals surface area contributed by atoms with E-state index in [1.807, 2.05) is 24.5 Å². The van der Waals surface area contributed by atoms with E-state index in [4.69, 9.17) is 13.7 Å². The predicted octanol–water partition coefficient (Wildman–Crippen LogP) is 3.27. The average Bonchev–Trinajstić information content (AvgIpc) is 3.49. The van der Waals surface area contributed by atoms with Crippen LogP contribution in [0.15, 0.2) is 59.3 Å². The topological polar surface area (TPSA) is 148 Å². The Morgan fingerprint density at radius 3 is 2.42 bits per heavy atom. The van der Waals surface area contributed by atoms with Crippen LogP contribution >= 0.6 is 0 Å². The fourth-order valence-electron chi connectivity index (χ4n) is 4.30. The molecule has 3 aromatic rings. The molecule has 2 amide bonds. The lowest BCUT2D eigenvalue weighted by Crippen LogP contribution is -2.32. The summed E-state index contributed by atoms with van der Waals surface area (Å²) in [6.45, 7) is 1.24. The van der Waals surface area contributed by atoms with Gasteiger partial charge >= 0.3 is 0 Å². The van der Waals surface area contributed by atoms with Crippen molar-refractivity contribution >= 4 is 38.8 Å². The summed E-state index contributed by atoms with van der Waals surface area (Å²) in [5.74, 6) is 0.156. The number of carbonyl (C=O) groups excluding carboxylic acids is 3. The van der Waals surface area contributed by atoms with Crippen molar-refractivity contribution < 1.29 is 41.1 Å². The molecule has 0 aliphatic carbocycles. The van der Waals surface area contributed by atoms with Gasteiger partial charge in [-0.25, -0.2) is 9.55 Å². The highest BCUT2D eigenvalue weighted by molar-refractivity contribution is 7.85. The SMILES string of the molecule is O=C(CCCCC[n+]1ccc(-c2nc3ccc(OCCCS(=O)(=O)O)cc3o2)cc1)CCCN1C(=O)C=CC1=O. The Kier molecular flexibility index (Phi) is 9.78. The molecule has 11 nitrogen and oxygen atoms in total. The maximum atomic E-state index is 12.1. The zero-order chi connectivity index (χ0) is 28.5. The maximum absolute atomic E-state index is 12.1. The summed E-state index contributed by atoms with van der Waals surface area (Å²) in [4.78, 5) is 40.8. The van der Waals surface area contributed by atoms with Gasteiger partial charge in [-0.05, 0) is 37.8 Å². The summed E-state index contributed by atoms with van der Waals surface area (Å²) in [6, 6.07) is 9.03.